The molecule has 1 aliphatic heterocycles. The van der Waals surface area contributed by atoms with Gasteiger partial charge in [-0.2, -0.15) is 0 Å². The fraction of sp³-hybridized carbons (Fsp3) is 0.107. The van der Waals surface area contributed by atoms with E-state index in [0.29, 0.717) is 29.1 Å². The molecule has 0 bridgehead atoms. The Bertz CT molecular complexity index is 1320. The number of para-hydroxylation sites is 2. The summed E-state index contributed by atoms with van der Waals surface area (Å²) in [6, 6.07) is 30.9. The lowest BCUT2D eigenvalue weighted by atomic mass is 9.98. The largest absolute Gasteiger partial charge is 0.364 e. The van der Waals surface area contributed by atoms with E-state index in [1.165, 1.54) is 0 Å². The topological polar surface area (TPSA) is 62.3 Å². The average molecular weight is 434 g/mol. The maximum Gasteiger partial charge on any atom is 0.170 e. The minimum absolute atomic E-state index is 0.00280. The molecule has 2 heterocycles. The van der Waals surface area contributed by atoms with E-state index in [1.807, 2.05) is 91.0 Å². The molecular weight excluding hydrogens is 410 g/mol. The van der Waals surface area contributed by atoms with Crippen LogP contribution in [0, 0.1) is 0 Å². The van der Waals surface area contributed by atoms with Crippen LogP contribution in [0.15, 0.2) is 97.1 Å². The van der Waals surface area contributed by atoms with Crippen molar-refractivity contribution in [3.05, 3.63) is 108 Å². The zero-order chi connectivity index (χ0) is 22.8. The number of carbonyl (C=O) groups excluding carboxylic acids is 2. The van der Waals surface area contributed by atoms with Gasteiger partial charge in [-0.05, 0) is 49.4 Å². The Morgan fingerprint density at radius 3 is 2.36 bits per heavy atom. The predicted molar refractivity (Wildman–Crippen MR) is 131 cm³/mol. The lowest BCUT2D eigenvalue weighted by Gasteiger charge is -2.38. The number of benzene rings is 3. The number of Topliss-reactive ketones (excluding diaryl/α,β-unsaturated/α-hetero) is 2. The standard InChI is InChI=1S/C28H23N3O2/c1-19(32)20-9-8-10-21(17-20)25-16-15-24-26(33)18-27(29-22-11-4-2-5-12-22)31(28(24)30-25)23-13-6-3-7-14-23/h2-17,27,29H,18H2,1H3. The average Bonchev–Trinajstić information content (AvgIpc) is 2.85. The minimum atomic E-state index is -0.291. The van der Waals surface area contributed by atoms with Gasteiger partial charge < -0.3 is 10.2 Å². The van der Waals surface area contributed by atoms with Crippen LogP contribution in [0.1, 0.15) is 34.1 Å². The number of anilines is 3. The molecule has 5 rings (SSSR count). The molecule has 5 nitrogen and oxygen atoms in total. The van der Waals surface area contributed by atoms with Gasteiger partial charge in [0.1, 0.15) is 12.0 Å². The van der Waals surface area contributed by atoms with Crippen molar-refractivity contribution in [2.75, 3.05) is 10.2 Å². The van der Waals surface area contributed by atoms with E-state index in [0.717, 1.165) is 16.9 Å². The molecule has 0 saturated heterocycles. The number of fused-ring (bicyclic) bond motifs is 1. The maximum absolute atomic E-state index is 13.1. The Hall–Kier alpha value is -4.25. The van der Waals surface area contributed by atoms with Crippen molar-refractivity contribution in [2.24, 2.45) is 0 Å². The second kappa shape index (κ2) is 8.71. The molecule has 33 heavy (non-hydrogen) atoms. The van der Waals surface area contributed by atoms with Crippen LogP contribution < -0.4 is 10.2 Å². The summed E-state index contributed by atoms with van der Waals surface area (Å²) in [6.07, 6.45) is 0.0265. The molecule has 0 saturated carbocycles. The van der Waals surface area contributed by atoms with E-state index in [-0.39, 0.29) is 17.7 Å². The van der Waals surface area contributed by atoms with Crippen LogP contribution in [0.5, 0.6) is 0 Å². The number of rotatable bonds is 5. The summed E-state index contributed by atoms with van der Waals surface area (Å²) < 4.78 is 0. The van der Waals surface area contributed by atoms with Gasteiger partial charge in [-0.1, -0.05) is 54.6 Å². The summed E-state index contributed by atoms with van der Waals surface area (Å²) in [6.45, 7) is 1.55. The molecule has 4 aromatic rings. The predicted octanol–water partition coefficient (Wildman–Crippen LogP) is 6.11. The zero-order valence-electron chi connectivity index (χ0n) is 18.2. The molecule has 162 valence electrons. The molecule has 1 unspecified atom stereocenters. The first kappa shape index (κ1) is 20.6. The molecule has 0 spiro atoms. The van der Waals surface area contributed by atoms with E-state index in [1.54, 1.807) is 13.0 Å². The fourth-order valence-electron chi connectivity index (χ4n) is 4.17. The number of nitrogens with zero attached hydrogens (tertiary/aromatic N) is 2. The molecule has 3 aromatic carbocycles. The summed E-state index contributed by atoms with van der Waals surface area (Å²) in [4.78, 5) is 32.0. The van der Waals surface area contributed by atoms with Crippen molar-refractivity contribution >= 4 is 28.8 Å². The highest BCUT2D eigenvalue weighted by molar-refractivity contribution is 6.04. The summed E-state index contributed by atoms with van der Waals surface area (Å²) in [5.74, 6) is 0.654. The van der Waals surface area contributed by atoms with Gasteiger partial charge in [0.25, 0.3) is 0 Å². The van der Waals surface area contributed by atoms with Gasteiger partial charge in [-0.15, -0.1) is 0 Å². The number of carbonyl (C=O) groups is 2. The quantitative estimate of drug-likeness (QED) is 0.385. The van der Waals surface area contributed by atoms with Crippen LogP contribution in [0.25, 0.3) is 11.3 Å². The smallest absolute Gasteiger partial charge is 0.170 e. The fourth-order valence-corrected chi connectivity index (χ4v) is 4.17. The Labute approximate surface area is 192 Å². The molecule has 1 aliphatic rings. The summed E-state index contributed by atoms with van der Waals surface area (Å²) in [5, 5.41) is 3.50. The third-order valence-electron chi connectivity index (χ3n) is 5.80. The first-order valence-electron chi connectivity index (χ1n) is 10.9. The van der Waals surface area contributed by atoms with Crippen molar-refractivity contribution in [2.45, 2.75) is 19.5 Å². The maximum atomic E-state index is 13.1. The lowest BCUT2D eigenvalue weighted by molar-refractivity contribution is 0.0969. The van der Waals surface area contributed by atoms with Crippen LogP contribution in [0.2, 0.25) is 0 Å². The highest BCUT2D eigenvalue weighted by atomic mass is 16.1. The minimum Gasteiger partial charge on any atom is -0.364 e. The van der Waals surface area contributed by atoms with Crippen LogP contribution in [-0.4, -0.2) is 22.7 Å². The number of nitrogens with one attached hydrogen (secondary N) is 1. The van der Waals surface area contributed by atoms with Gasteiger partial charge >= 0.3 is 0 Å². The number of hydrogen-bond acceptors (Lipinski definition) is 5. The molecule has 0 radical (unpaired) electrons. The number of aromatic nitrogens is 1. The second-order valence-electron chi connectivity index (χ2n) is 8.06. The third-order valence-corrected chi connectivity index (χ3v) is 5.80. The van der Waals surface area contributed by atoms with E-state index >= 15 is 0 Å². The van der Waals surface area contributed by atoms with E-state index in [9.17, 15) is 9.59 Å². The van der Waals surface area contributed by atoms with Gasteiger partial charge in [0.15, 0.2) is 11.6 Å². The van der Waals surface area contributed by atoms with Crippen molar-refractivity contribution in [1.29, 1.82) is 0 Å². The Morgan fingerprint density at radius 1 is 0.909 bits per heavy atom. The highest BCUT2D eigenvalue weighted by Crippen LogP contribution is 2.37. The van der Waals surface area contributed by atoms with Crippen molar-refractivity contribution in [3.8, 4) is 11.3 Å². The number of hydrogen-bond donors (Lipinski definition) is 1. The van der Waals surface area contributed by atoms with Crippen LogP contribution in [0.4, 0.5) is 17.2 Å². The van der Waals surface area contributed by atoms with Crippen molar-refractivity contribution in [1.82, 2.24) is 4.98 Å². The van der Waals surface area contributed by atoms with Crippen LogP contribution in [0.3, 0.4) is 0 Å². The summed E-state index contributed by atoms with van der Waals surface area (Å²) in [7, 11) is 0. The molecular formula is C28H23N3O2. The molecule has 0 amide bonds. The number of pyridine rings is 1. The third kappa shape index (κ3) is 4.13. The number of ketones is 2. The van der Waals surface area contributed by atoms with Crippen LogP contribution >= 0.6 is 0 Å². The van der Waals surface area contributed by atoms with Crippen molar-refractivity contribution < 1.29 is 9.59 Å². The Balaban J connectivity index is 1.63. The van der Waals surface area contributed by atoms with Gasteiger partial charge in [0, 0.05) is 22.5 Å². The second-order valence-corrected chi connectivity index (χ2v) is 8.06. The normalized spacial score (nSPS) is 15.1. The molecule has 1 aromatic heterocycles. The molecule has 1 N–H and O–H groups in total. The molecule has 5 heteroatoms. The monoisotopic (exact) mass is 433 g/mol. The van der Waals surface area contributed by atoms with Gasteiger partial charge in [0.2, 0.25) is 0 Å². The summed E-state index contributed by atoms with van der Waals surface area (Å²) in [5.41, 5.74) is 4.66. The van der Waals surface area contributed by atoms with Crippen molar-refractivity contribution in [3.63, 3.8) is 0 Å². The van der Waals surface area contributed by atoms with E-state index in [2.05, 4.69) is 10.2 Å². The van der Waals surface area contributed by atoms with Crippen LogP contribution in [-0.2, 0) is 0 Å². The van der Waals surface area contributed by atoms with Gasteiger partial charge in [-0.25, -0.2) is 4.98 Å². The van der Waals surface area contributed by atoms with E-state index < -0.39 is 0 Å². The zero-order valence-corrected chi connectivity index (χ0v) is 18.2. The molecule has 1 atom stereocenters. The first-order chi connectivity index (χ1) is 16.1. The lowest BCUT2D eigenvalue weighted by Crippen LogP contribution is -2.44. The van der Waals surface area contributed by atoms with E-state index in [4.69, 9.17) is 4.98 Å². The van der Waals surface area contributed by atoms with Gasteiger partial charge in [0.05, 0.1) is 17.7 Å². The highest BCUT2D eigenvalue weighted by Gasteiger charge is 2.34. The first-order valence-corrected chi connectivity index (χ1v) is 10.9. The molecule has 0 fully saturated rings. The Kier molecular flexibility index (Phi) is 5.45. The SMILES string of the molecule is CC(=O)c1cccc(-c2ccc3c(n2)N(c2ccccc2)C(Nc2ccccc2)CC3=O)c1. The molecule has 0 aliphatic carbocycles. The summed E-state index contributed by atoms with van der Waals surface area (Å²) >= 11 is 0. The van der Waals surface area contributed by atoms with Gasteiger partial charge in [-0.3, -0.25) is 9.59 Å². The Morgan fingerprint density at radius 2 is 1.64 bits per heavy atom.